The van der Waals surface area contributed by atoms with Gasteiger partial charge in [0.1, 0.15) is 17.5 Å². The van der Waals surface area contributed by atoms with E-state index in [4.69, 9.17) is 5.73 Å². The van der Waals surface area contributed by atoms with Crippen molar-refractivity contribution in [3.63, 3.8) is 0 Å². The normalized spacial score (nSPS) is 31.9. The SMILES string of the molecule is NC1C(=O)N2C1SC1(CCN(c3ccccc3)CC1)C2C(=O)O. The summed E-state index contributed by atoms with van der Waals surface area (Å²) in [5.41, 5.74) is 7.02. The van der Waals surface area contributed by atoms with Gasteiger partial charge in [-0.15, -0.1) is 11.8 Å². The Morgan fingerprint density at radius 3 is 2.52 bits per heavy atom. The highest BCUT2D eigenvalue weighted by Gasteiger charge is 2.66. The highest BCUT2D eigenvalue weighted by molar-refractivity contribution is 8.01. The number of fused-ring (bicyclic) bond motifs is 1. The maximum absolute atomic E-state index is 12.0. The molecule has 3 fully saturated rings. The predicted molar refractivity (Wildman–Crippen MR) is 88.2 cm³/mol. The summed E-state index contributed by atoms with van der Waals surface area (Å²) in [6.45, 7) is 1.59. The van der Waals surface area contributed by atoms with Crippen molar-refractivity contribution in [2.75, 3.05) is 18.0 Å². The predicted octanol–water partition coefficient (Wildman–Crippen LogP) is 0.721. The summed E-state index contributed by atoms with van der Waals surface area (Å²) in [4.78, 5) is 27.6. The van der Waals surface area contributed by atoms with E-state index in [0.29, 0.717) is 0 Å². The van der Waals surface area contributed by atoms with E-state index in [2.05, 4.69) is 17.0 Å². The lowest BCUT2D eigenvalue weighted by Gasteiger charge is -2.43. The molecule has 0 aliphatic carbocycles. The van der Waals surface area contributed by atoms with Gasteiger partial charge >= 0.3 is 5.97 Å². The molecule has 3 aliphatic heterocycles. The van der Waals surface area contributed by atoms with E-state index in [1.807, 2.05) is 18.2 Å². The van der Waals surface area contributed by atoms with Crippen molar-refractivity contribution in [1.82, 2.24) is 4.90 Å². The monoisotopic (exact) mass is 333 g/mol. The van der Waals surface area contributed by atoms with E-state index >= 15 is 0 Å². The number of hydrogen-bond donors (Lipinski definition) is 2. The molecule has 0 saturated carbocycles. The number of nitrogens with two attached hydrogens (primary N) is 1. The fourth-order valence-corrected chi connectivity index (χ4v) is 5.84. The van der Waals surface area contributed by atoms with Crippen LogP contribution in [-0.2, 0) is 9.59 Å². The third-order valence-corrected chi connectivity index (χ3v) is 7.08. The maximum atomic E-state index is 12.0. The highest BCUT2D eigenvalue weighted by atomic mass is 32.2. The van der Waals surface area contributed by atoms with Gasteiger partial charge in [0.05, 0.1) is 4.75 Å². The van der Waals surface area contributed by atoms with E-state index in [1.165, 1.54) is 4.90 Å². The molecule has 1 aromatic carbocycles. The third-order valence-electron chi connectivity index (χ3n) is 5.22. The van der Waals surface area contributed by atoms with Crippen molar-refractivity contribution in [2.24, 2.45) is 5.73 Å². The first-order valence-electron chi connectivity index (χ1n) is 7.82. The van der Waals surface area contributed by atoms with Crippen LogP contribution in [-0.4, -0.2) is 57.2 Å². The molecular formula is C16H19N3O3S. The number of para-hydroxylation sites is 1. The summed E-state index contributed by atoms with van der Waals surface area (Å²) in [6, 6.07) is 8.85. The second kappa shape index (κ2) is 5.14. The van der Waals surface area contributed by atoms with Crippen LogP contribution in [0, 0.1) is 0 Å². The third kappa shape index (κ3) is 2.06. The van der Waals surface area contributed by atoms with Gasteiger partial charge in [-0.3, -0.25) is 4.79 Å². The summed E-state index contributed by atoms with van der Waals surface area (Å²) in [5.74, 6) is -1.13. The van der Waals surface area contributed by atoms with Crippen molar-refractivity contribution in [3.05, 3.63) is 30.3 Å². The Morgan fingerprint density at radius 1 is 1.26 bits per heavy atom. The van der Waals surface area contributed by atoms with Gasteiger partial charge in [0.15, 0.2) is 0 Å². The van der Waals surface area contributed by atoms with Crippen LogP contribution < -0.4 is 10.6 Å². The van der Waals surface area contributed by atoms with Gasteiger partial charge in [-0.2, -0.15) is 0 Å². The summed E-state index contributed by atoms with van der Waals surface area (Å²) < 4.78 is -0.411. The summed E-state index contributed by atoms with van der Waals surface area (Å²) in [5, 5.41) is 9.50. The zero-order valence-corrected chi connectivity index (χ0v) is 13.4. The Bertz CT molecular complexity index is 645. The van der Waals surface area contributed by atoms with Crippen LogP contribution in [0.5, 0.6) is 0 Å². The molecule has 3 heterocycles. The summed E-state index contributed by atoms with van der Waals surface area (Å²) in [7, 11) is 0. The molecule has 122 valence electrons. The van der Waals surface area contributed by atoms with E-state index in [0.717, 1.165) is 31.6 Å². The van der Waals surface area contributed by atoms with Gasteiger partial charge < -0.3 is 20.6 Å². The number of β-lactam (4-membered cyclic amide) rings is 1. The standard InChI is InChI=1S/C16H19N3O3S/c17-11-13(20)19-12(15(21)22)16(23-14(11)19)6-8-18(9-7-16)10-4-2-1-3-5-10/h1-5,11-12,14H,6-9,17H2,(H,21,22). The second-order valence-electron chi connectivity index (χ2n) is 6.41. The number of aliphatic carboxylic acids is 1. The molecule has 3 N–H and O–H groups in total. The number of carboxylic acid groups (broad SMARTS) is 1. The number of carbonyl (C=O) groups is 2. The molecule has 1 aromatic rings. The molecule has 7 heteroatoms. The van der Waals surface area contributed by atoms with E-state index in [-0.39, 0.29) is 11.3 Å². The highest BCUT2D eigenvalue weighted by Crippen LogP contribution is 2.55. The fraction of sp³-hybridized carbons (Fsp3) is 0.500. The van der Waals surface area contributed by atoms with Gasteiger partial charge in [-0.05, 0) is 25.0 Å². The first kappa shape index (κ1) is 14.8. The van der Waals surface area contributed by atoms with E-state index in [1.54, 1.807) is 11.8 Å². The van der Waals surface area contributed by atoms with Crippen molar-refractivity contribution >= 4 is 29.3 Å². The maximum Gasteiger partial charge on any atom is 0.327 e. The number of carboxylic acids is 1. The average molecular weight is 333 g/mol. The van der Waals surface area contributed by atoms with Gasteiger partial charge in [0.2, 0.25) is 5.91 Å². The molecule has 1 amide bonds. The second-order valence-corrected chi connectivity index (χ2v) is 7.94. The molecular weight excluding hydrogens is 314 g/mol. The van der Waals surface area contributed by atoms with Crippen molar-refractivity contribution in [1.29, 1.82) is 0 Å². The minimum atomic E-state index is -0.909. The van der Waals surface area contributed by atoms with Crippen LogP contribution in [0.1, 0.15) is 12.8 Å². The van der Waals surface area contributed by atoms with Crippen molar-refractivity contribution in [2.45, 2.75) is 35.0 Å². The molecule has 4 rings (SSSR count). The Morgan fingerprint density at radius 2 is 1.91 bits per heavy atom. The number of benzene rings is 1. The van der Waals surface area contributed by atoms with Crippen molar-refractivity contribution in [3.8, 4) is 0 Å². The number of piperidine rings is 1. The Kier molecular flexibility index (Phi) is 3.32. The smallest absolute Gasteiger partial charge is 0.327 e. The molecule has 23 heavy (non-hydrogen) atoms. The molecule has 0 aromatic heterocycles. The van der Waals surface area contributed by atoms with Crippen molar-refractivity contribution < 1.29 is 14.7 Å². The number of rotatable bonds is 2. The largest absolute Gasteiger partial charge is 0.480 e. The molecule has 6 nitrogen and oxygen atoms in total. The van der Waals surface area contributed by atoms with Gasteiger partial charge in [0, 0.05) is 18.8 Å². The molecule has 0 bridgehead atoms. The molecule has 3 atom stereocenters. The van der Waals surface area contributed by atoms with Gasteiger partial charge in [-0.25, -0.2) is 4.79 Å². The number of carbonyl (C=O) groups excluding carboxylic acids is 1. The molecule has 0 radical (unpaired) electrons. The van der Waals surface area contributed by atoms with Crippen LogP contribution in [0.2, 0.25) is 0 Å². The number of nitrogens with zero attached hydrogens (tertiary/aromatic N) is 2. The van der Waals surface area contributed by atoms with Crippen LogP contribution in [0.3, 0.4) is 0 Å². The lowest BCUT2D eigenvalue weighted by Crippen LogP contribution is -2.69. The van der Waals surface area contributed by atoms with E-state index < -0.39 is 22.8 Å². The fourth-order valence-electron chi connectivity index (χ4n) is 3.99. The summed E-state index contributed by atoms with van der Waals surface area (Å²) in [6.07, 6.45) is 1.49. The minimum Gasteiger partial charge on any atom is -0.480 e. The number of hydrogen-bond acceptors (Lipinski definition) is 5. The zero-order valence-electron chi connectivity index (χ0n) is 12.6. The van der Waals surface area contributed by atoms with Crippen LogP contribution in [0.15, 0.2) is 30.3 Å². The lowest BCUT2D eigenvalue weighted by atomic mass is 9.85. The first-order valence-corrected chi connectivity index (χ1v) is 8.70. The molecule has 1 spiro atoms. The molecule has 3 aliphatic rings. The lowest BCUT2D eigenvalue weighted by molar-refractivity contribution is -0.159. The topological polar surface area (TPSA) is 86.9 Å². The average Bonchev–Trinajstić information content (AvgIpc) is 2.88. The Hall–Kier alpha value is -1.73. The number of anilines is 1. The quantitative estimate of drug-likeness (QED) is 0.776. The van der Waals surface area contributed by atoms with Gasteiger partial charge in [0.25, 0.3) is 0 Å². The van der Waals surface area contributed by atoms with Crippen LogP contribution >= 0.6 is 11.8 Å². The Balaban J connectivity index is 1.56. The zero-order chi connectivity index (χ0) is 16.2. The van der Waals surface area contributed by atoms with E-state index in [9.17, 15) is 14.7 Å². The van der Waals surface area contributed by atoms with Crippen LogP contribution in [0.25, 0.3) is 0 Å². The Labute approximate surface area is 138 Å². The number of thioether (sulfide) groups is 1. The molecule has 3 unspecified atom stereocenters. The minimum absolute atomic E-state index is 0.174. The summed E-state index contributed by atoms with van der Waals surface area (Å²) >= 11 is 1.60. The number of amides is 1. The molecule has 3 saturated heterocycles. The van der Waals surface area contributed by atoms with Gasteiger partial charge in [-0.1, -0.05) is 18.2 Å². The van der Waals surface area contributed by atoms with Crippen LogP contribution in [0.4, 0.5) is 5.69 Å². The first-order chi connectivity index (χ1) is 11.0.